The third kappa shape index (κ3) is 21.7. The molecular formula is C43H70N10O18. The molecule has 400 valence electrons. The van der Waals surface area contributed by atoms with Gasteiger partial charge in [0, 0.05) is 13.0 Å². The van der Waals surface area contributed by atoms with E-state index in [-0.39, 0.29) is 50.0 Å². The molecule has 0 aliphatic carbocycles. The fourth-order valence-electron chi connectivity index (χ4n) is 7.19. The fourth-order valence-corrected chi connectivity index (χ4v) is 7.19. The van der Waals surface area contributed by atoms with Gasteiger partial charge in [-0.1, -0.05) is 41.5 Å². The average Bonchev–Trinajstić information content (AvgIpc) is 3.74. The number of carbonyl (C=O) groups excluding carboxylic acids is 9. The minimum Gasteiger partial charge on any atom is -0.481 e. The van der Waals surface area contributed by atoms with Crippen LogP contribution >= 0.6 is 0 Å². The van der Waals surface area contributed by atoms with Gasteiger partial charge in [-0.05, 0) is 56.8 Å². The molecule has 9 amide bonds. The number of primary amides is 1. The van der Waals surface area contributed by atoms with Gasteiger partial charge in [-0.3, -0.25) is 57.5 Å². The van der Waals surface area contributed by atoms with E-state index in [4.69, 9.17) is 11.5 Å². The maximum absolute atomic E-state index is 14.1. The SMILES string of the molecule is CC(C)C[C@H](NC(=O)[C@@H](N)C(C)C)C(=O)N[C@@H](CC(=O)O)C(=O)N[C@@H](CC(=O)O)C(=O)N[C@@H](CCC(=O)O)C(=O)N[C@@H](CC(N)=O)C(=O)N1CCC[C@H]1C(=O)N[C@@H](CC(C)C)C(=O)N[C@H](C(=O)O)[C@@H](C)O. The second-order valence-corrected chi connectivity index (χ2v) is 18.4. The molecule has 0 saturated carbocycles. The van der Waals surface area contributed by atoms with Crippen LogP contribution in [-0.2, 0) is 62.3 Å². The molecule has 16 N–H and O–H groups in total. The number of nitrogens with two attached hydrogens (primary N) is 2. The molecule has 1 aliphatic heterocycles. The predicted octanol–water partition coefficient (Wildman–Crippen LogP) is -4.40. The van der Waals surface area contributed by atoms with Crippen LogP contribution in [0.15, 0.2) is 0 Å². The van der Waals surface area contributed by atoms with Crippen LogP contribution in [0.25, 0.3) is 0 Å². The van der Waals surface area contributed by atoms with Gasteiger partial charge in [-0.25, -0.2) is 4.79 Å². The van der Waals surface area contributed by atoms with Gasteiger partial charge in [-0.15, -0.1) is 0 Å². The van der Waals surface area contributed by atoms with Crippen LogP contribution in [-0.4, -0.2) is 174 Å². The van der Waals surface area contributed by atoms with Crippen LogP contribution in [0.5, 0.6) is 0 Å². The van der Waals surface area contributed by atoms with Gasteiger partial charge in [0.1, 0.15) is 42.3 Å². The number of amides is 9. The van der Waals surface area contributed by atoms with E-state index < -0.39 is 170 Å². The molecule has 0 bridgehead atoms. The number of carbonyl (C=O) groups is 13. The first-order valence-electron chi connectivity index (χ1n) is 22.9. The van der Waals surface area contributed by atoms with Crippen molar-refractivity contribution in [3.63, 3.8) is 0 Å². The Balaban J connectivity index is 3.48. The summed E-state index contributed by atoms with van der Waals surface area (Å²) in [5.74, 6) is -17.2. The lowest BCUT2D eigenvalue weighted by Crippen LogP contribution is -2.61. The Morgan fingerprint density at radius 1 is 0.549 bits per heavy atom. The average molecular weight is 1020 g/mol. The van der Waals surface area contributed by atoms with Crippen molar-refractivity contribution >= 4 is 77.0 Å². The third-order valence-corrected chi connectivity index (χ3v) is 10.9. The van der Waals surface area contributed by atoms with E-state index in [1.807, 2.05) is 5.32 Å². The van der Waals surface area contributed by atoms with Crippen LogP contribution < -0.4 is 48.7 Å². The van der Waals surface area contributed by atoms with Gasteiger partial charge in [0.15, 0.2) is 6.04 Å². The summed E-state index contributed by atoms with van der Waals surface area (Å²) in [6.07, 6.45) is -6.18. The van der Waals surface area contributed by atoms with E-state index in [2.05, 4.69) is 31.9 Å². The molecule has 71 heavy (non-hydrogen) atoms. The van der Waals surface area contributed by atoms with E-state index in [0.717, 1.165) is 11.8 Å². The Morgan fingerprint density at radius 2 is 0.972 bits per heavy atom. The quantitative estimate of drug-likeness (QED) is 0.0312. The Labute approximate surface area is 408 Å². The molecule has 1 fully saturated rings. The molecule has 1 aliphatic rings. The Hall–Kier alpha value is -6.97. The fraction of sp³-hybridized carbons (Fsp3) is 0.698. The number of aliphatic hydroxyl groups excluding tert-OH is 1. The lowest BCUT2D eigenvalue weighted by atomic mass is 10.00. The molecule has 28 heteroatoms. The highest BCUT2D eigenvalue weighted by Crippen LogP contribution is 2.21. The van der Waals surface area contributed by atoms with Gasteiger partial charge >= 0.3 is 23.9 Å². The number of rotatable bonds is 31. The van der Waals surface area contributed by atoms with E-state index in [1.54, 1.807) is 41.5 Å². The van der Waals surface area contributed by atoms with Crippen LogP contribution in [0.1, 0.15) is 106 Å². The zero-order chi connectivity index (χ0) is 54.6. The molecular weight excluding hydrogens is 945 g/mol. The van der Waals surface area contributed by atoms with Gasteiger partial charge in [-0.2, -0.15) is 0 Å². The van der Waals surface area contributed by atoms with Gasteiger partial charge in [0.2, 0.25) is 53.2 Å². The highest BCUT2D eigenvalue weighted by Gasteiger charge is 2.41. The van der Waals surface area contributed by atoms with Crippen molar-refractivity contribution in [3.8, 4) is 0 Å². The number of aliphatic hydroxyl groups is 1. The molecule has 0 aromatic carbocycles. The number of carboxylic acid groups (broad SMARTS) is 4. The monoisotopic (exact) mass is 1010 g/mol. The van der Waals surface area contributed by atoms with Crippen LogP contribution in [0.2, 0.25) is 0 Å². The zero-order valence-electron chi connectivity index (χ0n) is 40.7. The normalized spacial score (nSPS) is 17.2. The van der Waals surface area contributed by atoms with E-state index in [9.17, 15) is 87.9 Å². The predicted molar refractivity (Wildman–Crippen MR) is 244 cm³/mol. The zero-order valence-corrected chi connectivity index (χ0v) is 40.7. The molecule has 0 aromatic heterocycles. The molecule has 28 nitrogen and oxygen atoms in total. The number of hydrogen-bond donors (Lipinski definition) is 14. The van der Waals surface area contributed by atoms with Crippen LogP contribution in [0, 0.1) is 17.8 Å². The van der Waals surface area contributed by atoms with Crippen molar-refractivity contribution in [1.82, 2.24) is 42.1 Å². The second kappa shape index (κ2) is 29.3. The summed E-state index contributed by atoms with van der Waals surface area (Å²) in [4.78, 5) is 169. The lowest BCUT2D eigenvalue weighted by molar-refractivity contribution is -0.146. The molecule has 0 spiro atoms. The maximum atomic E-state index is 14.1. The minimum atomic E-state index is -2.14. The third-order valence-electron chi connectivity index (χ3n) is 10.9. The number of nitrogens with one attached hydrogen (secondary N) is 7. The molecule has 1 rings (SSSR count). The van der Waals surface area contributed by atoms with Crippen molar-refractivity contribution in [2.75, 3.05) is 6.54 Å². The molecule has 0 aromatic rings. The summed E-state index contributed by atoms with van der Waals surface area (Å²) in [5.41, 5.74) is 11.3. The number of hydrogen-bond acceptors (Lipinski definition) is 15. The number of aliphatic carboxylic acids is 4. The van der Waals surface area contributed by atoms with E-state index >= 15 is 0 Å². The first-order valence-corrected chi connectivity index (χ1v) is 22.9. The van der Waals surface area contributed by atoms with E-state index in [1.165, 1.54) is 0 Å². The number of nitrogens with zero attached hydrogens (tertiary/aromatic N) is 1. The summed E-state index contributed by atoms with van der Waals surface area (Å²) in [5, 5.41) is 63.7. The van der Waals surface area contributed by atoms with Crippen molar-refractivity contribution in [3.05, 3.63) is 0 Å². The van der Waals surface area contributed by atoms with Gasteiger partial charge in [0.05, 0.1) is 31.4 Å². The summed E-state index contributed by atoms with van der Waals surface area (Å²) < 4.78 is 0. The summed E-state index contributed by atoms with van der Waals surface area (Å²) in [6, 6.07) is -14.8. The van der Waals surface area contributed by atoms with Gasteiger partial charge in [0.25, 0.3) is 0 Å². The Bertz CT molecular complexity index is 1980. The highest BCUT2D eigenvalue weighted by molar-refractivity contribution is 6.00. The molecule has 1 heterocycles. The molecule has 10 atom stereocenters. The Morgan fingerprint density at radius 3 is 1.39 bits per heavy atom. The first kappa shape index (κ1) is 62.0. The molecule has 1 saturated heterocycles. The van der Waals surface area contributed by atoms with Crippen molar-refractivity contribution in [2.45, 2.75) is 167 Å². The van der Waals surface area contributed by atoms with Crippen molar-refractivity contribution in [1.29, 1.82) is 0 Å². The van der Waals surface area contributed by atoms with Gasteiger partial charge < -0.3 is 79.1 Å². The molecule has 0 radical (unpaired) electrons. The van der Waals surface area contributed by atoms with E-state index in [0.29, 0.717) is 0 Å². The Kier molecular flexibility index (Phi) is 25.6. The summed E-state index contributed by atoms with van der Waals surface area (Å²) in [6.45, 7) is 11.1. The highest BCUT2D eigenvalue weighted by atomic mass is 16.4. The largest absolute Gasteiger partial charge is 0.481 e. The maximum Gasteiger partial charge on any atom is 0.328 e. The summed E-state index contributed by atoms with van der Waals surface area (Å²) >= 11 is 0. The van der Waals surface area contributed by atoms with Crippen LogP contribution in [0.4, 0.5) is 0 Å². The number of carboxylic acids is 4. The minimum absolute atomic E-state index is 0.00330. The van der Waals surface area contributed by atoms with Crippen molar-refractivity contribution in [2.24, 2.45) is 29.2 Å². The lowest BCUT2D eigenvalue weighted by Gasteiger charge is -2.31. The standard InChI is InChI=1S/C43H70N10O18/c1-18(2)13-23(50-41(68)33(45)20(5)6)36(63)47-26(17-32(60)61)38(65)48-25(16-31(58)59)37(64)46-22(10-11-30(56)57)35(62)51-27(15-29(44)55)42(69)53-12-8-9-28(53)40(67)49-24(14-19(3)4)39(66)52-34(21(7)54)43(70)71/h18-28,33-34,54H,8-17,45H2,1-7H3,(H2,44,55)(H,46,64)(H,47,63)(H,48,65)(H,49,67)(H,50,68)(H,51,62)(H,52,66)(H,56,57)(H,58,59)(H,60,61)(H,70,71)/t21-,22+,23+,24+,25+,26+,27+,28+,33+,34+/m1/s1. The summed E-state index contributed by atoms with van der Waals surface area (Å²) in [7, 11) is 0. The van der Waals surface area contributed by atoms with Crippen molar-refractivity contribution < 1.29 is 87.9 Å². The first-order chi connectivity index (χ1) is 32.9. The number of likely N-dealkylation sites (tertiary alicyclic amines) is 1. The second-order valence-electron chi connectivity index (χ2n) is 18.4. The molecule has 0 unspecified atom stereocenters. The topological polar surface area (TPSA) is 463 Å². The smallest absolute Gasteiger partial charge is 0.328 e. The van der Waals surface area contributed by atoms with Crippen LogP contribution in [0.3, 0.4) is 0 Å².